The Bertz CT molecular complexity index is 480. The fourth-order valence-corrected chi connectivity index (χ4v) is 2.19. The van der Waals surface area contributed by atoms with E-state index in [-0.39, 0.29) is 23.8 Å². The van der Waals surface area contributed by atoms with Crippen molar-refractivity contribution in [2.45, 2.75) is 38.6 Å². The minimum absolute atomic E-state index is 0.0124. The molecular formula is C12H17F3N4O. The third-order valence-corrected chi connectivity index (χ3v) is 3.22. The van der Waals surface area contributed by atoms with E-state index in [0.717, 1.165) is 6.42 Å². The number of halogens is 3. The fraction of sp³-hybridized carbons (Fsp3) is 0.667. The Morgan fingerprint density at radius 1 is 1.45 bits per heavy atom. The van der Waals surface area contributed by atoms with Gasteiger partial charge in [0.05, 0.1) is 18.8 Å². The lowest BCUT2D eigenvalue weighted by molar-refractivity contribution is -0.144. The predicted octanol–water partition coefficient (Wildman–Crippen LogP) is 2.08. The van der Waals surface area contributed by atoms with Gasteiger partial charge in [-0.2, -0.15) is 13.2 Å². The van der Waals surface area contributed by atoms with Gasteiger partial charge in [-0.05, 0) is 13.3 Å². The van der Waals surface area contributed by atoms with Crippen LogP contribution in [0.4, 0.5) is 24.8 Å². The van der Waals surface area contributed by atoms with Crippen LogP contribution in [0.5, 0.6) is 0 Å². The molecule has 0 spiro atoms. The Hall–Kier alpha value is -1.57. The molecule has 0 bridgehead atoms. The van der Waals surface area contributed by atoms with Crippen molar-refractivity contribution in [1.29, 1.82) is 0 Å². The maximum Gasteiger partial charge on any atom is 0.451 e. The zero-order valence-corrected chi connectivity index (χ0v) is 11.3. The lowest BCUT2D eigenvalue weighted by atomic mass is 10.1. The van der Waals surface area contributed by atoms with E-state index in [1.165, 1.54) is 6.07 Å². The summed E-state index contributed by atoms with van der Waals surface area (Å²) < 4.78 is 43.8. The largest absolute Gasteiger partial charge is 0.451 e. The molecule has 2 rings (SSSR count). The van der Waals surface area contributed by atoms with E-state index < -0.39 is 12.0 Å². The molecule has 2 unspecified atom stereocenters. The summed E-state index contributed by atoms with van der Waals surface area (Å²) in [7, 11) is 0. The quantitative estimate of drug-likeness (QED) is 0.903. The second kappa shape index (κ2) is 5.43. The molecule has 0 aliphatic carbocycles. The molecule has 1 aromatic heterocycles. The van der Waals surface area contributed by atoms with Crippen molar-refractivity contribution in [3.63, 3.8) is 0 Å². The molecule has 1 aliphatic heterocycles. The molecule has 2 N–H and O–H groups in total. The second-order valence-corrected chi connectivity index (χ2v) is 4.83. The first-order valence-corrected chi connectivity index (χ1v) is 6.41. The number of anilines is 2. The first-order valence-electron chi connectivity index (χ1n) is 6.41. The average Bonchev–Trinajstić information content (AvgIpc) is 2.37. The minimum atomic E-state index is -4.61. The highest BCUT2D eigenvalue weighted by Gasteiger charge is 2.36. The number of morpholine rings is 1. The molecule has 1 aliphatic rings. The van der Waals surface area contributed by atoms with E-state index in [9.17, 15) is 13.2 Å². The molecule has 1 aromatic rings. The van der Waals surface area contributed by atoms with Crippen LogP contribution in [0.15, 0.2) is 6.07 Å². The number of rotatable bonds is 2. The Labute approximate surface area is 114 Å². The lowest BCUT2D eigenvalue weighted by Gasteiger charge is -2.39. The van der Waals surface area contributed by atoms with Crippen molar-refractivity contribution in [3.05, 3.63) is 11.9 Å². The molecule has 2 heterocycles. The molecule has 1 saturated heterocycles. The van der Waals surface area contributed by atoms with Crippen molar-refractivity contribution in [1.82, 2.24) is 9.97 Å². The van der Waals surface area contributed by atoms with E-state index in [4.69, 9.17) is 10.5 Å². The van der Waals surface area contributed by atoms with Crippen molar-refractivity contribution >= 4 is 11.6 Å². The Balaban J connectivity index is 2.37. The Morgan fingerprint density at radius 3 is 2.75 bits per heavy atom. The van der Waals surface area contributed by atoms with Crippen LogP contribution < -0.4 is 10.6 Å². The first kappa shape index (κ1) is 14.8. The molecule has 0 radical (unpaired) electrons. The summed E-state index contributed by atoms with van der Waals surface area (Å²) in [6.45, 7) is 4.76. The summed E-state index contributed by atoms with van der Waals surface area (Å²) in [6, 6.07) is 1.36. The summed E-state index contributed by atoms with van der Waals surface area (Å²) in [5, 5.41) is 0. The number of aromatic nitrogens is 2. The van der Waals surface area contributed by atoms with Gasteiger partial charge in [0, 0.05) is 12.6 Å². The van der Waals surface area contributed by atoms with Crippen molar-refractivity contribution < 1.29 is 17.9 Å². The first-order chi connectivity index (χ1) is 9.31. The molecule has 8 heteroatoms. The molecular weight excluding hydrogens is 273 g/mol. The average molecular weight is 290 g/mol. The molecule has 20 heavy (non-hydrogen) atoms. The van der Waals surface area contributed by atoms with E-state index in [0.29, 0.717) is 13.2 Å². The normalized spacial score (nSPS) is 23.9. The molecule has 0 aromatic carbocycles. The summed E-state index contributed by atoms with van der Waals surface area (Å²) in [5.41, 5.74) is 5.48. The molecule has 1 fully saturated rings. The number of hydrogen-bond acceptors (Lipinski definition) is 5. The summed E-state index contributed by atoms with van der Waals surface area (Å²) >= 11 is 0. The van der Waals surface area contributed by atoms with Gasteiger partial charge < -0.3 is 15.4 Å². The van der Waals surface area contributed by atoms with Crippen LogP contribution in [0.3, 0.4) is 0 Å². The number of hydrogen-bond donors (Lipinski definition) is 1. The van der Waals surface area contributed by atoms with E-state index in [1.807, 2.05) is 13.8 Å². The molecule has 0 saturated carbocycles. The number of ether oxygens (including phenoxy) is 1. The van der Waals surface area contributed by atoms with Gasteiger partial charge in [-0.3, -0.25) is 0 Å². The molecule has 0 amide bonds. The van der Waals surface area contributed by atoms with Gasteiger partial charge >= 0.3 is 6.18 Å². The zero-order valence-electron chi connectivity index (χ0n) is 11.3. The second-order valence-electron chi connectivity index (χ2n) is 4.83. The summed E-state index contributed by atoms with van der Waals surface area (Å²) in [6.07, 6.45) is -3.93. The third-order valence-electron chi connectivity index (χ3n) is 3.22. The van der Waals surface area contributed by atoms with Crippen LogP contribution in [-0.2, 0) is 10.9 Å². The maximum absolute atomic E-state index is 12.7. The summed E-state index contributed by atoms with van der Waals surface area (Å²) in [4.78, 5) is 8.68. The number of alkyl halides is 3. The molecule has 2 atom stereocenters. The van der Waals surface area contributed by atoms with Crippen LogP contribution in [0.1, 0.15) is 26.1 Å². The topological polar surface area (TPSA) is 64.3 Å². The Kier molecular flexibility index (Phi) is 4.03. The van der Waals surface area contributed by atoms with Crippen molar-refractivity contribution in [2.24, 2.45) is 0 Å². The van der Waals surface area contributed by atoms with Gasteiger partial charge in [-0.15, -0.1) is 0 Å². The van der Waals surface area contributed by atoms with Crippen molar-refractivity contribution in [3.8, 4) is 0 Å². The van der Waals surface area contributed by atoms with E-state index in [1.54, 1.807) is 4.90 Å². The van der Waals surface area contributed by atoms with Crippen LogP contribution in [0.2, 0.25) is 0 Å². The zero-order chi connectivity index (χ0) is 14.9. The molecule has 5 nitrogen and oxygen atoms in total. The van der Waals surface area contributed by atoms with Gasteiger partial charge in [0.1, 0.15) is 11.6 Å². The lowest BCUT2D eigenvalue weighted by Crippen LogP contribution is -2.49. The van der Waals surface area contributed by atoms with Gasteiger partial charge in [-0.25, -0.2) is 9.97 Å². The number of nitrogens with two attached hydrogens (primary N) is 1. The van der Waals surface area contributed by atoms with E-state index >= 15 is 0 Å². The fourth-order valence-electron chi connectivity index (χ4n) is 2.19. The van der Waals surface area contributed by atoms with Crippen LogP contribution >= 0.6 is 0 Å². The highest BCUT2D eigenvalue weighted by atomic mass is 19.4. The predicted molar refractivity (Wildman–Crippen MR) is 68.3 cm³/mol. The molecule has 112 valence electrons. The van der Waals surface area contributed by atoms with Crippen LogP contribution in [0, 0.1) is 0 Å². The summed E-state index contributed by atoms with van der Waals surface area (Å²) in [5.74, 6) is -1.19. The number of nitrogens with zero attached hydrogens (tertiary/aromatic N) is 3. The van der Waals surface area contributed by atoms with Gasteiger partial charge in [0.25, 0.3) is 0 Å². The van der Waals surface area contributed by atoms with Gasteiger partial charge in [-0.1, -0.05) is 6.92 Å². The maximum atomic E-state index is 12.7. The van der Waals surface area contributed by atoms with E-state index in [2.05, 4.69) is 9.97 Å². The smallest absolute Gasteiger partial charge is 0.384 e. The van der Waals surface area contributed by atoms with Crippen LogP contribution in [0.25, 0.3) is 0 Å². The monoisotopic (exact) mass is 290 g/mol. The Morgan fingerprint density at radius 2 is 2.15 bits per heavy atom. The van der Waals surface area contributed by atoms with Gasteiger partial charge in [0.2, 0.25) is 5.82 Å². The third kappa shape index (κ3) is 3.12. The van der Waals surface area contributed by atoms with Gasteiger partial charge in [0.15, 0.2) is 0 Å². The number of nitrogen functional groups attached to an aromatic ring is 1. The SMILES string of the molecule is CCC1COC(C)CN1c1cc(N)nc(C(F)(F)F)n1. The van der Waals surface area contributed by atoms with Crippen LogP contribution in [-0.4, -0.2) is 35.3 Å². The standard InChI is InChI=1S/C12H17F3N4O/c1-3-8-6-20-7(2)5-19(8)10-4-9(16)17-11(18-10)12(13,14)15/h4,7-8H,3,5-6H2,1-2H3,(H2,16,17,18). The highest BCUT2D eigenvalue weighted by Crippen LogP contribution is 2.30. The van der Waals surface area contributed by atoms with Crippen molar-refractivity contribution in [2.75, 3.05) is 23.8 Å². The minimum Gasteiger partial charge on any atom is -0.384 e. The highest BCUT2D eigenvalue weighted by molar-refractivity contribution is 5.48.